The second-order valence-corrected chi connectivity index (χ2v) is 7.72. The minimum atomic E-state index is -0.261. The molecular formula is C22H23N3O3. The van der Waals surface area contributed by atoms with E-state index in [9.17, 15) is 4.79 Å². The van der Waals surface area contributed by atoms with Crippen molar-refractivity contribution in [2.45, 2.75) is 31.2 Å². The number of pyridine rings is 1. The summed E-state index contributed by atoms with van der Waals surface area (Å²) in [7, 11) is 0. The van der Waals surface area contributed by atoms with Gasteiger partial charge in [-0.3, -0.25) is 9.78 Å². The van der Waals surface area contributed by atoms with E-state index in [2.05, 4.69) is 9.97 Å². The van der Waals surface area contributed by atoms with Gasteiger partial charge in [0, 0.05) is 42.5 Å². The third kappa shape index (κ3) is 3.19. The largest absolute Gasteiger partial charge is 0.373 e. The zero-order valence-corrected chi connectivity index (χ0v) is 15.6. The van der Waals surface area contributed by atoms with Gasteiger partial charge in [0.1, 0.15) is 5.60 Å². The van der Waals surface area contributed by atoms with Crippen molar-refractivity contribution in [1.29, 1.82) is 0 Å². The number of carbonyl (C=O) groups excluding carboxylic acids is 1. The number of amides is 1. The summed E-state index contributed by atoms with van der Waals surface area (Å²) in [5, 5.41) is 0.969. The molecule has 4 heterocycles. The van der Waals surface area contributed by atoms with Crippen molar-refractivity contribution in [1.82, 2.24) is 14.9 Å². The van der Waals surface area contributed by atoms with Crippen molar-refractivity contribution in [3.8, 4) is 0 Å². The lowest BCUT2D eigenvalue weighted by molar-refractivity contribution is -0.187. The van der Waals surface area contributed by atoms with Crippen molar-refractivity contribution in [2.24, 2.45) is 0 Å². The van der Waals surface area contributed by atoms with Crippen molar-refractivity contribution >= 4 is 16.8 Å². The maximum Gasteiger partial charge on any atom is 0.256 e. The molecule has 0 saturated carbocycles. The summed E-state index contributed by atoms with van der Waals surface area (Å²) in [6, 6.07) is 11.8. The van der Waals surface area contributed by atoms with E-state index in [0.29, 0.717) is 26.3 Å². The highest BCUT2D eigenvalue weighted by molar-refractivity contribution is 6.07. The molecule has 28 heavy (non-hydrogen) atoms. The van der Waals surface area contributed by atoms with Crippen LogP contribution in [0, 0.1) is 0 Å². The van der Waals surface area contributed by atoms with Gasteiger partial charge >= 0.3 is 0 Å². The minimum absolute atomic E-state index is 0.0616. The van der Waals surface area contributed by atoms with Gasteiger partial charge < -0.3 is 19.4 Å². The summed E-state index contributed by atoms with van der Waals surface area (Å²) >= 11 is 0. The molecule has 1 N–H and O–H groups in total. The number of nitrogens with zero attached hydrogens (tertiary/aromatic N) is 2. The van der Waals surface area contributed by atoms with Crippen LogP contribution in [0.25, 0.3) is 10.9 Å². The molecule has 0 bridgehead atoms. The topological polar surface area (TPSA) is 67.5 Å². The van der Waals surface area contributed by atoms with E-state index in [1.807, 2.05) is 41.3 Å². The Labute approximate surface area is 163 Å². The van der Waals surface area contributed by atoms with Crippen LogP contribution in [0.4, 0.5) is 0 Å². The number of H-pyrrole nitrogens is 1. The normalized spacial score (nSPS) is 21.0. The predicted octanol–water partition coefficient (Wildman–Crippen LogP) is 3.15. The molecule has 1 spiro atoms. The molecule has 3 aromatic rings. The molecule has 0 aliphatic carbocycles. The first-order chi connectivity index (χ1) is 13.7. The Morgan fingerprint density at radius 1 is 1.25 bits per heavy atom. The maximum atomic E-state index is 12.9. The molecule has 2 aromatic heterocycles. The van der Waals surface area contributed by atoms with E-state index in [-0.39, 0.29) is 17.6 Å². The van der Waals surface area contributed by atoms with E-state index in [0.717, 1.165) is 34.9 Å². The Kier molecular flexibility index (Phi) is 4.37. The number of nitrogens with one attached hydrogen (secondary N) is 1. The van der Waals surface area contributed by atoms with E-state index in [1.54, 1.807) is 18.6 Å². The highest BCUT2D eigenvalue weighted by Gasteiger charge is 2.49. The van der Waals surface area contributed by atoms with E-state index in [1.165, 1.54) is 0 Å². The average Bonchev–Trinajstić information content (AvgIpc) is 3.15. The lowest BCUT2D eigenvalue weighted by Crippen LogP contribution is -2.67. The first-order valence-corrected chi connectivity index (χ1v) is 9.72. The lowest BCUT2D eigenvalue weighted by atomic mass is 9.84. The number of para-hydroxylation sites is 1. The second-order valence-electron chi connectivity index (χ2n) is 7.72. The molecule has 2 aliphatic rings. The second kappa shape index (κ2) is 7.04. The van der Waals surface area contributed by atoms with Gasteiger partial charge in [0.2, 0.25) is 0 Å². The number of likely N-dealkylation sites (tertiary alicyclic amines) is 1. The molecule has 2 aliphatic heterocycles. The Morgan fingerprint density at radius 3 is 2.93 bits per heavy atom. The van der Waals surface area contributed by atoms with Crippen LogP contribution in [-0.2, 0) is 16.1 Å². The molecule has 0 radical (unpaired) electrons. The summed E-state index contributed by atoms with van der Waals surface area (Å²) in [4.78, 5) is 22.0. The van der Waals surface area contributed by atoms with Crippen LogP contribution >= 0.6 is 0 Å². The Balaban J connectivity index is 1.21. The minimum Gasteiger partial charge on any atom is -0.373 e. The Bertz CT molecular complexity index is 979. The van der Waals surface area contributed by atoms with Gasteiger partial charge in [0.05, 0.1) is 31.4 Å². The molecule has 144 valence electrons. The molecule has 6 heteroatoms. The Hall–Kier alpha value is -2.70. The fourth-order valence-corrected chi connectivity index (χ4v) is 4.25. The standard InChI is InChI=1S/C22H23N3O3/c26-21(19-12-24-20-4-2-1-3-18(19)20)25-14-22(15-25)11-17(7-10-28-22)27-13-16-5-8-23-9-6-16/h1-6,8-9,12,17,24H,7,10-11,13-15H2. The monoisotopic (exact) mass is 377 g/mol. The molecule has 1 amide bonds. The summed E-state index contributed by atoms with van der Waals surface area (Å²) in [5.74, 6) is 0.0616. The highest BCUT2D eigenvalue weighted by atomic mass is 16.5. The van der Waals surface area contributed by atoms with Gasteiger partial charge in [-0.25, -0.2) is 0 Å². The van der Waals surface area contributed by atoms with Crippen LogP contribution in [0.2, 0.25) is 0 Å². The van der Waals surface area contributed by atoms with Crippen LogP contribution in [-0.4, -0.2) is 52.2 Å². The number of carbonyl (C=O) groups is 1. The van der Waals surface area contributed by atoms with Crippen LogP contribution in [0.1, 0.15) is 28.8 Å². The quantitative estimate of drug-likeness (QED) is 0.758. The molecule has 6 nitrogen and oxygen atoms in total. The highest BCUT2D eigenvalue weighted by Crippen LogP contribution is 2.37. The van der Waals surface area contributed by atoms with E-state index >= 15 is 0 Å². The number of benzene rings is 1. The SMILES string of the molecule is O=C(c1c[nH]c2ccccc12)N1CC2(CC(OCc3ccncc3)CCO2)C1. The van der Waals surface area contributed by atoms with Crippen LogP contribution in [0.15, 0.2) is 55.0 Å². The molecule has 1 atom stereocenters. The van der Waals surface area contributed by atoms with Gasteiger partial charge in [-0.2, -0.15) is 0 Å². The fourth-order valence-electron chi connectivity index (χ4n) is 4.25. The number of ether oxygens (including phenoxy) is 2. The third-order valence-electron chi connectivity index (χ3n) is 5.75. The fraction of sp³-hybridized carbons (Fsp3) is 0.364. The molecule has 2 fully saturated rings. The number of hydrogen-bond acceptors (Lipinski definition) is 4. The van der Waals surface area contributed by atoms with Gasteiger partial charge in [-0.1, -0.05) is 18.2 Å². The summed E-state index contributed by atoms with van der Waals surface area (Å²) in [6.07, 6.45) is 7.25. The summed E-state index contributed by atoms with van der Waals surface area (Å²) in [6.45, 7) is 2.51. The van der Waals surface area contributed by atoms with Gasteiger partial charge in [-0.05, 0) is 30.2 Å². The number of aromatic amines is 1. The zero-order chi connectivity index (χ0) is 19.0. The molecule has 1 aromatic carbocycles. The van der Waals surface area contributed by atoms with Gasteiger partial charge in [0.25, 0.3) is 5.91 Å². The van der Waals surface area contributed by atoms with E-state index in [4.69, 9.17) is 9.47 Å². The van der Waals surface area contributed by atoms with Crippen LogP contribution in [0.3, 0.4) is 0 Å². The number of aromatic nitrogens is 2. The lowest BCUT2D eigenvalue weighted by Gasteiger charge is -2.53. The maximum absolute atomic E-state index is 12.9. The predicted molar refractivity (Wildman–Crippen MR) is 105 cm³/mol. The first kappa shape index (κ1) is 17.4. The molecule has 5 rings (SSSR count). The molecule has 1 unspecified atom stereocenters. The van der Waals surface area contributed by atoms with E-state index < -0.39 is 0 Å². The van der Waals surface area contributed by atoms with Gasteiger partial charge in [0.15, 0.2) is 0 Å². The molecule has 2 saturated heterocycles. The average molecular weight is 377 g/mol. The van der Waals surface area contributed by atoms with Crippen LogP contribution in [0.5, 0.6) is 0 Å². The smallest absolute Gasteiger partial charge is 0.256 e. The molecular weight excluding hydrogens is 354 g/mol. The summed E-state index contributed by atoms with van der Waals surface area (Å²) < 4.78 is 12.2. The first-order valence-electron chi connectivity index (χ1n) is 9.72. The zero-order valence-electron chi connectivity index (χ0n) is 15.6. The third-order valence-corrected chi connectivity index (χ3v) is 5.75. The number of rotatable bonds is 4. The number of hydrogen-bond donors (Lipinski definition) is 1. The number of fused-ring (bicyclic) bond motifs is 1. The van der Waals surface area contributed by atoms with Gasteiger partial charge in [-0.15, -0.1) is 0 Å². The van der Waals surface area contributed by atoms with Crippen molar-refractivity contribution in [3.05, 3.63) is 66.1 Å². The van der Waals surface area contributed by atoms with Crippen molar-refractivity contribution in [3.63, 3.8) is 0 Å². The van der Waals surface area contributed by atoms with Crippen molar-refractivity contribution < 1.29 is 14.3 Å². The Morgan fingerprint density at radius 2 is 2.07 bits per heavy atom. The van der Waals surface area contributed by atoms with Crippen LogP contribution < -0.4 is 0 Å². The van der Waals surface area contributed by atoms with Crippen molar-refractivity contribution in [2.75, 3.05) is 19.7 Å². The summed E-state index contributed by atoms with van der Waals surface area (Å²) in [5.41, 5.74) is 2.58.